The Morgan fingerprint density at radius 2 is 2.35 bits per heavy atom. The summed E-state index contributed by atoms with van der Waals surface area (Å²) in [4.78, 5) is 12.0. The predicted octanol–water partition coefficient (Wildman–Crippen LogP) is 1.38. The number of hydrogen-bond acceptors (Lipinski definition) is 5. The molecule has 1 N–H and O–H groups in total. The van der Waals surface area contributed by atoms with Gasteiger partial charge in [-0.3, -0.25) is 4.79 Å². The van der Waals surface area contributed by atoms with E-state index >= 15 is 0 Å². The van der Waals surface area contributed by atoms with Crippen LogP contribution in [-0.2, 0) is 9.47 Å². The molecule has 2 atom stereocenters. The van der Waals surface area contributed by atoms with Crippen LogP contribution in [0, 0.1) is 5.92 Å². The van der Waals surface area contributed by atoms with Crippen LogP contribution in [-0.4, -0.2) is 43.0 Å². The predicted molar refractivity (Wildman–Crippen MR) is 70.3 cm³/mol. The lowest BCUT2D eigenvalue weighted by atomic mass is 9.86. The molecule has 1 saturated carbocycles. The van der Waals surface area contributed by atoms with Gasteiger partial charge in [0, 0.05) is 19.3 Å². The Morgan fingerprint density at radius 1 is 1.45 bits per heavy atom. The average molecular weight is 280 g/mol. The minimum absolute atomic E-state index is 0.0203. The maximum atomic E-state index is 12.0. The van der Waals surface area contributed by atoms with Crippen molar-refractivity contribution < 1.29 is 18.8 Å². The highest BCUT2D eigenvalue weighted by molar-refractivity contribution is 5.92. The first-order valence-corrected chi connectivity index (χ1v) is 7.23. The number of hydrogen-bond donors (Lipinski definition) is 1. The van der Waals surface area contributed by atoms with Crippen LogP contribution in [0.5, 0.6) is 0 Å². The zero-order valence-corrected chi connectivity index (χ0v) is 11.4. The quantitative estimate of drug-likeness (QED) is 0.882. The van der Waals surface area contributed by atoms with Gasteiger partial charge in [0.2, 0.25) is 0 Å². The van der Waals surface area contributed by atoms with Gasteiger partial charge in [-0.15, -0.1) is 0 Å². The fourth-order valence-corrected chi connectivity index (χ4v) is 2.53. The van der Waals surface area contributed by atoms with Crippen molar-refractivity contribution in [1.82, 2.24) is 10.5 Å². The molecule has 1 aromatic rings. The molecule has 1 aliphatic carbocycles. The molecule has 0 bridgehead atoms. The van der Waals surface area contributed by atoms with Gasteiger partial charge >= 0.3 is 0 Å². The summed E-state index contributed by atoms with van der Waals surface area (Å²) in [6, 6.07) is 1.53. The molecule has 2 fully saturated rings. The van der Waals surface area contributed by atoms with E-state index in [1.54, 1.807) is 6.07 Å². The fraction of sp³-hybridized carbons (Fsp3) is 0.714. The third-order valence-electron chi connectivity index (χ3n) is 4.06. The van der Waals surface area contributed by atoms with E-state index < -0.39 is 0 Å². The van der Waals surface area contributed by atoms with Crippen molar-refractivity contribution in [2.75, 3.05) is 19.8 Å². The summed E-state index contributed by atoms with van der Waals surface area (Å²) in [5.74, 6) is 0.465. The standard InChI is InChI=1S/C14H20N2O4/c17-14(12-5-7-20-16-12)15-11-4-6-18-9-13(11)19-8-10-2-1-3-10/h5,7,10-11,13H,1-4,6,8-9H2,(H,15,17)/t11-,13-/m0/s1. The summed E-state index contributed by atoms with van der Waals surface area (Å²) in [5.41, 5.74) is 0.300. The Balaban J connectivity index is 1.52. The molecule has 3 rings (SSSR count). The molecular formula is C14H20N2O4. The Labute approximate surface area is 117 Å². The Morgan fingerprint density at radius 3 is 3.05 bits per heavy atom. The molecule has 1 saturated heterocycles. The summed E-state index contributed by atoms with van der Waals surface area (Å²) < 4.78 is 16.1. The van der Waals surface area contributed by atoms with Gasteiger partial charge in [-0.2, -0.15) is 0 Å². The minimum atomic E-state index is -0.220. The summed E-state index contributed by atoms with van der Waals surface area (Å²) >= 11 is 0. The van der Waals surface area contributed by atoms with E-state index in [4.69, 9.17) is 9.47 Å². The van der Waals surface area contributed by atoms with Crippen molar-refractivity contribution in [3.8, 4) is 0 Å². The monoisotopic (exact) mass is 280 g/mol. The largest absolute Gasteiger partial charge is 0.379 e. The number of carbonyl (C=O) groups excluding carboxylic acids is 1. The zero-order chi connectivity index (χ0) is 13.8. The highest BCUT2D eigenvalue weighted by Gasteiger charge is 2.30. The van der Waals surface area contributed by atoms with Crippen LogP contribution in [0.25, 0.3) is 0 Å². The van der Waals surface area contributed by atoms with Gasteiger partial charge in [0.25, 0.3) is 5.91 Å². The van der Waals surface area contributed by atoms with Crippen LogP contribution in [0.1, 0.15) is 36.2 Å². The number of nitrogens with one attached hydrogen (secondary N) is 1. The van der Waals surface area contributed by atoms with Crippen LogP contribution in [0.15, 0.2) is 16.9 Å². The lowest BCUT2D eigenvalue weighted by Crippen LogP contribution is -2.50. The molecule has 1 aliphatic heterocycles. The maximum Gasteiger partial charge on any atom is 0.273 e. The van der Waals surface area contributed by atoms with Crippen molar-refractivity contribution in [3.05, 3.63) is 18.0 Å². The summed E-state index contributed by atoms with van der Waals surface area (Å²) in [6.45, 7) is 1.95. The Kier molecular flexibility index (Phi) is 4.32. The number of ether oxygens (including phenoxy) is 2. The highest BCUT2D eigenvalue weighted by atomic mass is 16.5. The van der Waals surface area contributed by atoms with Crippen LogP contribution in [0.3, 0.4) is 0 Å². The van der Waals surface area contributed by atoms with Gasteiger partial charge in [-0.1, -0.05) is 11.6 Å². The number of amides is 1. The molecule has 6 heteroatoms. The molecule has 0 aromatic carbocycles. The minimum Gasteiger partial charge on any atom is -0.379 e. The third kappa shape index (κ3) is 3.19. The maximum absolute atomic E-state index is 12.0. The van der Waals surface area contributed by atoms with Crippen LogP contribution < -0.4 is 5.32 Å². The van der Waals surface area contributed by atoms with Crippen molar-refractivity contribution in [3.63, 3.8) is 0 Å². The molecule has 20 heavy (non-hydrogen) atoms. The molecule has 2 aliphatic rings. The van der Waals surface area contributed by atoms with Gasteiger partial charge in [-0.05, 0) is 25.2 Å². The summed E-state index contributed by atoms with van der Waals surface area (Å²) in [5, 5.41) is 6.61. The lowest BCUT2D eigenvalue weighted by Gasteiger charge is -2.34. The average Bonchev–Trinajstić information content (AvgIpc) is 2.93. The highest BCUT2D eigenvalue weighted by Crippen LogP contribution is 2.27. The molecule has 2 heterocycles. The molecule has 110 valence electrons. The number of carbonyl (C=O) groups is 1. The van der Waals surface area contributed by atoms with E-state index in [-0.39, 0.29) is 18.1 Å². The Bertz CT molecular complexity index is 430. The second kappa shape index (κ2) is 6.37. The van der Waals surface area contributed by atoms with Crippen LogP contribution in [0.4, 0.5) is 0 Å². The number of aromatic nitrogens is 1. The third-order valence-corrected chi connectivity index (χ3v) is 4.06. The molecule has 1 amide bonds. The van der Waals surface area contributed by atoms with E-state index in [9.17, 15) is 4.79 Å². The fourth-order valence-electron chi connectivity index (χ4n) is 2.53. The van der Waals surface area contributed by atoms with Gasteiger partial charge in [0.1, 0.15) is 12.4 Å². The lowest BCUT2D eigenvalue weighted by molar-refractivity contribution is -0.0819. The second-order valence-electron chi connectivity index (χ2n) is 5.50. The first-order chi connectivity index (χ1) is 9.83. The van der Waals surface area contributed by atoms with Crippen molar-refractivity contribution in [1.29, 1.82) is 0 Å². The van der Waals surface area contributed by atoms with Crippen molar-refractivity contribution in [2.45, 2.75) is 37.8 Å². The molecule has 0 spiro atoms. The normalized spacial score (nSPS) is 27.0. The molecule has 6 nitrogen and oxygen atoms in total. The van der Waals surface area contributed by atoms with E-state index in [0.717, 1.165) is 13.0 Å². The SMILES string of the molecule is O=C(N[C@H]1CCOC[C@@H]1OCC1CCC1)c1ccon1. The second-order valence-corrected chi connectivity index (χ2v) is 5.50. The van der Waals surface area contributed by atoms with E-state index in [1.165, 1.54) is 25.5 Å². The molecule has 0 unspecified atom stereocenters. The smallest absolute Gasteiger partial charge is 0.273 e. The van der Waals surface area contributed by atoms with E-state index in [2.05, 4.69) is 15.0 Å². The topological polar surface area (TPSA) is 73.6 Å². The van der Waals surface area contributed by atoms with E-state index in [0.29, 0.717) is 24.8 Å². The summed E-state index contributed by atoms with van der Waals surface area (Å²) in [6.07, 6.45) is 5.90. The zero-order valence-electron chi connectivity index (χ0n) is 11.4. The number of nitrogens with zero attached hydrogens (tertiary/aromatic N) is 1. The van der Waals surface area contributed by atoms with Gasteiger partial charge in [-0.25, -0.2) is 0 Å². The first-order valence-electron chi connectivity index (χ1n) is 7.23. The summed E-state index contributed by atoms with van der Waals surface area (Å²) in [7, 11) is 0. The molecular weight excluding hydrogens is 260 g/mol. The van der Waals surface area contributed by atoms with Crippen molar-refractivity contribution >= 4 is 5.91 Å². The number of rotatable bonds is 5. The van der Waals surface area contributed by atoms with Crippen molar-refractivity contribution in [2.24, 2.45) is 5.92 Å². The van der Waals surface area contributed by atoms with Crippen LogP contribution in [0.2, 0.25) is 0 Å². The Hall–Kier alpha value is -1.40. The van der Waals surface area contributed by atoms with Crippen LogP contribution >= 0.6 is 0 Å². The van der Waals surface area contributed by atoms with Gasteiger partial charge in [0.15, 0.2) is 5.69 Å². The van der Waals surface area contributed by atoms with Gasteiger partial charge < -0.3 is 19.3 Å². The molecule has 0 radical (unpaired) electrons. The molecule has 1 aromatic heterocycles. The van der Waals surface area contributed by atoms with E-state index in [1.807, 2.05) is 0 Å². The first kappa shape index (κ1) is 13.6. The van der Waals surface area contributed by atoms with Gasteiger partial charge in [0.05, 0.1) is 12.6 Å².